The number of nitrogens with zero attached hydrogens (tertiary/aromatic N) is 1. The van der Waals surface area contributed by atoms with Crippen molar-refractivity contribution in [2.24, 2.45) is 5.73 Å². The molecule has 0 bridgehead atoms. The van der Waals surface area contributed by atoms with Crippen LogP contribution < -0.4 is 5.73 Å². The fourth-order valence-electron chi connectivity index (χ4n) is 1.44. The van der Waals surface area contributed by atoms with E-state index in [1.807, 2.05) is 0 Å². The second-order valence-electron chi connectivity index (χ2n) is 2.93. The van der Waals surface area contributed by atoms with Crippen molar-refractivity contribution in [3.63, 3.8) is 0 Å². The zero-order valence-electron chi connectivity index (χ0n) is 6.96. The standard InChI is InChI=1S/C9H11N3/c1-6-2-7(4-10)9-8(3-6)11-5-12-9/h2-3,5H,4,10H2,1H3,(H,11,12). The van der Waals surface area contributed by atoms with Crippen LogP contribution in [0, 0.1) is 6.92 Å². The lowest BCUT2D eigenvalue weighted by Gasteiger charge is -1.99. The molecule has 0 aliphatic carbocycles. The van der Waals surface area contributed by atoms with Gasteiger partial charge >= 0.3 is 0 Å². The number of nitrogens with two attached hydrogens (primary N) is 1. The van der Waals surface area contributed by atoms with Gasteiger partial charge in [-0.25, -0.2) is 4.98 Å². The summed E-state index contributed by atoms with van der Waals surface area (Å²) in [6.07, 6.45) is 1.70. The predicted octanol–water partition coefficient (Wildman–Crippen LogP) is 1.33. The van der Waals surface area contributed by atoms with Gasteiger partial charge < -0.3 is 10.7 Å². The third kappa shape index (κ3) is 0.987. The molecule has 0 aliphatic rings. The highest BCUT2D eigenvalue weighted by atomic mass is 14.9. The number of hydrogen-bond donors (Lipinski definition) is 2. The van der Waals surface area contributed by atoms with Gasteiger partial charge in [0.1, 0.15) is 0 Å². The summed E-state index contributed by atoms with van der Waals surface area (Å²) in [5.74, 6) is 0. The summed E-state index contributed by atoms with van der Waals surface area (Å²) in [4.78, 5) is 7.26. The van der Waals surface area contributed by atoms with Crippen LogP contribution in [0.2, 0.25) is 0 Å². The van der Waals surface area contributed by atoms with E-state index in [9.17, 15) is 0 Å². The van der Waals surface area contributed by atoms with E-state index in [-0.39, 0.29) is 0 Å². The van der Waals surface area contributed by atoms with Gasteiger partial charge in [-0.1, -0.05) is 6.07 Å². The van der Waals surface area contributed by atoms with E-state index >= 15 is 0 Å². The minimum Gasteiger partial charge on any atom is -0.345 e. The summed E-state index contributed by atoms with van der Waals surface area (Å²) in [7, 11) is 0. The van der Waals surface area contributed by atoms with Gasteiger partial charge in [-0.15, -0.1) is 0 Å². The molecule has 0 unspecified atom stereocenters. The molecule has 0 atom stereocenters. The molecule has 3 nitrogen and oxygen atoms in total. The van der Waals surface area contributed by atoms with Crippen LogP contribution in [0.25, 0.3) is 11.0 Å². The highest BCUT2D eigenvalue weighted by Gasteiger charge is 2.02. The first-order valence-electron chi connectivity index (χ1n) is 3.94. The van der Waals surface area contributed by atoms with E-state index in [1.165, 1.54) is 5.56 Å². The number of H-pyrrole nitrogens is 1. The quantitative estimate of drug-likeness (QED) is 0.663. The molecule has 3 N–H and O–H groups in total. The first-order valence-corrected chi connectivity index (χ1v) is 3.94. The zero-order valence-corrected chi connectivity index (χ0v) is 6.96. The minimum atomic E-state index is 0.545. The summed E-state index contributed by atoms with van der Waals surface area (Å²) in [6, 6.07) is 4.14. The van der Waals surface area contributed by atoms with Crippen LogP contribution in [0.5, 0.6) is 0 Å². The molecule has 62 valence electrons. The number of imidazole rings is 1. The number of hydrogen-bond acceptors (Lipinski definition) is 2. The molecule has 12 heavy (non-hydrogen) atoms. The second kappa shape index (κ2) is 2.60. The van der Waals surface area contributed by atoms with Crippen molar-refractivity contribution < 1.29 is 0 Å². The monoisotopic (exact) mass is 161 g/mol. The van der Waals surface area contributed by atoms with Crippen LogP contribution in [0.3, 0.4) is 0 Å². The first-order chi connectivity index (χ1) is 5.81. The maximum Gasteiger partial charge on any atom is 0.0932 e. The molecule has 0 saturated carbocycles. The SMILES string of the molecule is Cc1cc(CN)c2nc[nH]c2c1. The van der Waals surface area contributed by atoms with Crippen LogP contribution in [-0.4, -0.2) is 9.97 Å². The minimum absolute atomic E-state index is 0.545. The second-order valence-corrected chi connectivity index (χ2v) is 2.93. The van der Waals surface area contributed by atoms with Crippen molar-refractivity contribution in [2.45, 2.75) is 13.5 Å². The lowest BCUT2D eigenvalue weighted by molar-refractivity contribution is 1.08. The van der Waals surface area contributed by atoms with E-state index in [1.54, 1.807) is 6.33 Å². The molecule has 2 aromatic rings. The summed E-state index contributed by atoms with van der Waals surface area (Å²) < 4.78 is 0. The maximum absolute atomic E-state index is 5.59. The third-order valence-corrected chi connectivity index (χ3v) is 1.97. The number of aromatic amines is 1. The normalized spacial score (nSPS) is 10.8. The molecule has 2 rings (SSSR count). The van der Waals surface area contributed by atoms with Crippen LogP contribution in [0.15, 0.2) is 18.5 Å². The molecule has 0 aliphatic heterocycles. The molecule has 0 amide bonds. The van der Waals surface area contributed by atoms with Crippen LogP contribution in [-0.2, 0) is 6.54 Å². The van der Waals surface area contributed by atoms with E-state index < -0.39 is 0 Å². The van der Waals surface area contributed by atoms with Crippen molar-refractivity contribution in [3.8, 4) is 0 Å². The molecule has 0 spiro atoms. The molecule has 1 aromatic carbocycles. The Morgan fingerprint density at radius 3 is 3.08 bits per heavy atom. The van der Waals surface area contributed by atoms with Gasteiger partial charge in [-0.05, 0) is 24.1 Å². The van der Waals surface area contributed by atoms with Gasteiger partial charge in [0.2, 0.25) is 0 Å². The third-order valence-electron chi connectivity index (χ3n) is 1.97. The lowest BCUT2D eigenvalue weighted by atomic mass is 10.1. The summed E-state index contributed by atoms with van der Waals surface area (Å²) in [5.41, 5.74) is 9.96. The highest BCUT2D eigenvalue weighted by molar-refractivity contribution is 5.79. The van der Waals surface area contributed by atoms with Crippen molar-refractivity contribution in [2.75, 3.05) is 0 Å². The van der Waals surface area contributed by atoms with Crippen molar-refractivity contribution >= 4 is 11.0 Å². The number of aromatic nitrogens is 2. The molecule has 0 saturated heterocycles. The number of fused-ring (bicyclic) bond motifs is 1. The lowest BCUT2D eigenvalue weighted by Crippen LogP contribution is -1.97. The largest absolute Gasteiger partial charge is 0.345 e. The smallest absolute Gasteiger partial charge is 0.0932 e. The average Bonchev–Trinajstić information content (AvgIpc) is 2.50. The van der Waals surface area contributed by atoms with E-state index in [0.717, 1.165) is 16.6 Å². The Hall–Kier alpha value is -1.35. The number of benzene rings is 1. The molecule has 1 heterocycles. The predicted molar refractivity (Wildman–Crippen MR) is 48.7 cm³/mol. The number of rotatable bonds is 1. The zero-order chi connectivity index (χ0) is 8.55. The number of aryl methyl sites for hydroxylation is 1. The Morgan fingerprint density at radius 1 is 1.50 bits per heavy atom. The molecular formula is C9H11N3. The van der Waals surface area contributed by atoms with Gasteiger partial charge in [-0.2, -0.15) is 0 Å². The van der Waals surface area contributed by atoms with E-state index in [2.05, 4.69) is 29.0 Å². The average molecular weight is 161 g/mol. The molecule has 3 heteroatoms. The van der Waals surface area contributed by atoms with Gasteiger partial charge in [0.15, 0.2) is 0 Å². The molecule has 0 fully saturated rings. The van der Waals surface area contributed by atoms with E-state index in [4.69, 9.17) is 5.73 Å². The Morgan fingerprint density at radius 2 is 2.33 bits per heavy atom. The fourth-order valence-corrected chi connectivity index (χ4v) is 1.44. The highest BCUT2D eigenvalue weighted by Crippen LogP contribution is 2.16. The van der Waals surface area contributed by atoms with Gasteiger partial charge in [-0.3, -0.25) is 0 Å². The summed E-state index contributed by atoms with van der Waals surface area (Å²) >= 11 is 0. The topological polar surface area (TPSA) is 54.7 Å². The van der Waals surface area contributed by atoms with Gasteiger partial charge in [0.25, 0.3) is 0 Å². The Kier molecular flexibility index (Phi) is 1.59. The molecule has 1 aromatic heterocycles. The Bertz CT molecular complexity index is 403. The first kappa shape index (κ1) is 7.31. The molecular weight excluding hydrogens is 150 g/mol. The van der Waals surface area contributed by atoms with E-state index in [0.29, 0.717) is 6.54 Å². The number of nitrogens with one attached hydrogen (secondary N) is 1. The molecule has 0 radical (unpaired) electrons. The van der Waals surface area contributed by atoms with Crippen molar-refractivity contribution in [3.05, 3.63) is 29.6 Å². The van der Waals surface area contributed by atoms with Crippen molar-refractivity contribution in [1.82, 2.24) is 9.97 Å². The fraction of sp³-hybridized carbons (Fsp3) is 0.222. The Balaban J connectivity index is 2.80. The van der Waals surface area contributed by atoms with Crippen molar-refractivity contribution in [1.29, 1.82) is 0 Å². The van der Waals surface area contributed by atoms with Crippen LogP contribution in [0.4, 0.5) is 0 Å². The van der Waals surface area contributed by atoms with Crippen LogP contribution in [0.1, 0.15) is 11.1 Å². The van der Waals surface area contributed by atoms with Gasteiger partial charge in [0, 0.05) is 6.54 Å². The Labute approximate surface area is 70.6 Å². The summed E-state index contributed by atoms with van der Waals surface area (Å²) in [6.45, 7) is 2.60. The summed E-state index contributed by atoms with van der Waals surface area (Å²) in [5, 5.41) is 0. The van der Waals surface area contributed by atoms with Gasteiger partial charge in [0.05, 0.1) is 17.4 Å². The van der Waals surface area contributed by atoms with Crippen LogP contribution >= 0.6 is 0 Å². The maximum atomic E-state index is 5.59.